The Kier molecular flexibility index (Phi) is 6.56. The van der Waals surface area contributed by atoms with Gasteiger partial charge in [0, 0.05) is 0 Å². The summed E-state index contributed by atoms with van der Waals surface area (Å²) in [6, 6.07) is 6.27. The summed E-state index contributed by atoms with van der Waals surface area (Å²) in [5, 5.41) is 0. The van der Waals surface area contributed by atoms with Gasteiger partial charge in [-0.1, -0.05) is 44.9 Å². The Morgan fingerprint density at radius 2 is 2.00 bits per heavy atom. The van der Waals surface area contributed by atoms with Crippen molar-refractivity contribution in [1.82, 2.24) is 0 Å². The van der Waals surface area contributed by atoms with E-state index in [1.807, 2.05) is 6.08 Å². The van der Waals surface area contributed by atoms with E-state index in [-0.39, 0.29) is 0 Å². The number of benzene rings is 1. The lowest BCUT2D eigenvalue weighted by molar-refractivity contribution is 0.206. The quantitative estimate of drug-likeness (QED) is 0.560. The molecule has 0 aliphatic rings. The summed E-state index contributed by atoms with van der Waals surface area (Å²) in [5.41, 5.74) is 2.35. The monoisotopic (exact) mass is 246 g/mol. The van der Waals surface area contributed by atoms with Crippen LogP contribution in [0.15, 0.2) is 24.8 Å². The van der Waals surface area contributed by atoms with Crippen LogP contribution < -0.4 is 4.74 Å². The van der Waals surface area contributed by atoms with Gasteiger partial charge in [-0.2, -0.15) is 0 Å². The second kappa shape index (κ2) is 7.97. The van der Waals surface area contributed by atoms with Gasteiger partial charge >= 0.3 is 0 Å². The van der Waals surface area contributed by atoms with Crippen LogP contribution in [-0.2, 0) is 0 Å². The molecular formula is C17H26O. The predicted octanol–water partition coefficient (Wildman–Crippen LogP) is 5.38. The molecule has 1 rings (SSSR count). The molecule has 0 bridgehead atoms. The van der Waals surface area contributed by atoms with Crippen molar-refractivity contribution in [2.24, 2.45) is 0 Å². The number of rotatable bonds is 8. The molecule has 0 amide bonds. The molecule has 1 heteroatoms. The lowest BCUT2D eigenvalue weighted by Crippen LogP contribution is -2.11. The third kappa shape index (κ3) is 5.39. The molecule has 1 nitrogen and oxygen atoms in total. The van der Waals surface area contributed by atoms with Gasteiger partial charge in [-0.15, -0.1) is 0 Å². The molecule has 0 fully saturated rings. The van der Waals surface area contributed by atoms with Gasteiger partial charge in [0.2, 0.25) is 0 Å². The van der Waals surface area contributed by atoms with E-state index in [0.29, 0.717) is 6.10 Å². The highest BCUT2D eigenvalue weighted by molar-refractivity contribution is 5.51. The SMILES string of the molecule is C=Cc1cc(C)cc(OC(C)CCCCCC)c1. The number of hydrogen-bond donors (Lipinski definition) is 0. The van der Waals surface area contributed by atoms with Gasteiger partial charge in [-0.05, 0) is 49.9 Å². The second-order valence-corrected chi connectivity index (χ2v) is 5.06. The molecule has 0 saturated heterocycles. The fourth-order valence-corrected chi connectivity index (χ4v) is 2.11. The van der Waals surface area contributed by atoms with Crippen molar-refractivity contribution in [1.29, 1.82) is 0 Å². The number of aryl methyl sites for hydroxylation is 1. The highest BCUT2D eigenvalue weighted by Crippen LogP contribution is 2.20. The minimum atomic E-state index is 0.293. The molecule has 18 heavy (non-hydrogen) atoms. The van der Waals surface area contributed by atoms with Crippen LogP contribution in [0.25, 0.3) is 6.08 Å². The Balaban J connectivity index is 2.45. The van der Waals surface area contributed by atoms with E-state index in [9.17, 15) is 0 Å². The Morgan fingerprint density at radius 1 is 1.22 bits per heavy atom. The summed E-state index contributed by atoms with van der Waals surface area (Å²) in [4.78, 5) is 0. The zero-order valence-electron chi connectivity index (χ0n) is 12.0. The van der Waals surface area contributed by atoms with Crippen LogP contribution in [0.1, 0.15) is 57.1 Å². The molecule has 1 atom stereocenters. The summed E-state index contributed by atoms with van der Waals surface area (Å²) in [5.74, 6) is 0.966. The standard InChI is InChI=1S/C17H26O/c1-5-7-8-9-10-15(4)18-17-12-14(3)11-16(6-2)13-17/h6,11-13,15H,2,5,7-10H2,1,3-4H3. The van der Waals surface area contributed by atoms with E-state index < -0.39 is 0 Å². The van der Waals surface area contributed by atoms with Gasteiger partial charge in [0.05, 0.1) is 6.10 Å². The molecule has 1 unspecified atom stereocenters. The van der Waals surface area contributed by atoms with Crippen LogP contribution in [0.3, 0.4) is 0 Å². The minimum Gasteiger partial charge on any atom is -0.491 e. The molecule has 1 aromatic carbocycles. The van der Waals surface area contributed by atoms with Crippen molar-refractivity contribution in [2.75, 3.05) is 0 Å². The van der Waals surface area contributed by atoms with Crippen LogP contribution in [-0.4, -0.2) is 6.10 Å². The Labute approximate surface area is 112 Å². The van der Waals surface area contributed by atoms with Gasteiger partial charge in [0.25, 0.3) is 0 Å². The Bertz CT molecular complexity index is 368. The molecule has 0 saturated carbocycles. The largest absolute Gasteiger partial charge is 0.491 e. The molecule has 0 aromatic heterocycles. The maximum Gasteiger partial charge on any atom is 0.120 e. The summed E-state index contributed by atoms with van der Waals surface area (Å²) < 4.78 is 5.97. The first kappa shape index (κ1) is 14.8. The van der Waals surface area contributed by atoms with Crippen molar-refractivity contribution in [3.63, 3.8) is 0 Å². The smallest absolute Gasteiger partial charge is 0.120 e. The minimum absolute atomic E-state index is 0.293. The van der Waals surface area contributed by atoms with Crippen LogP contribution in [0.4, 0.5) is 0 Å². The molecular weight excluding hydrogens is 220 g/mol. The number of hydrogen-bond acceptors (Lipinski definition) is 1. The van der Waals surface area contributed by atoms with Gasteiger partial charge < -0.3 is 4.74 Å². The van der Waals surface area contributed by atoms with Crippen molar-refractivity contribution < 1.29 is 4.74 Å². The van der Waals surface area contributed by atoms with Crippen LogP contribution in [0.2, 0.25) is 0 Å². The molecule has 1 aromatic rings. The second-order valence-electron chi connectivity index (χ2n) is 5.06. The average molecular weight is 246 g/mol. The fourth-order valence-electron chi connectivity index (χ4n) is 2.11. The third-order valence-corrected chi connectivity index (χ3v) is 3.11. The summed E-state index contributed by atoms with van der Waals surface area (Å²) >= 11 is 0. The van der Waals surface area contributed by atoms with E-state index in [4.69, 9.17) is 4.74 Å². The zero-order valence-corrected chi connectivity index (χ0v) is 12.0. The maximum absolute atomic E-state index is 5.97. The van der Waals surface area contributed by atoms with E-state index in [1.165, 1.54) is 31.2 Å². The topological polar surface area (TPSA) is 9.23 Å². The van der Waals surface area contributed by atoms with Crippen LogP contribution >= 0.6 is 0 Å². The number of ether oxygens (including phenoxy) is 1. The van der Waals surface area contributed by atoms with Crippen molar-refractivity contribution >= 4 is 6.08 Å². The van der Waals surface area contributed by atoms with Gasteiger partial charge in [-0.25, -0.2) is 0 Å². The predicted molar refractivity (Wildman–Crippen MR) is 80.1 cm³/mol. The van der Waals surface area contributed by atoms with Gasteiger partial charge in [0.15, 0.2) is 0 Å². The van der Waals surface area contributed by atoms with Crippen molar-refractivity contribution in [2.45, 2.75) is 59.0 Å². The van der Waals surface area contributed by atoms with Gasteiger partial charge in [-0.3, -0.25) is 0 Å². The van der Waals surface area contributed by atoms with E-state index in [0.717, 1.165) is 17.7 Å². The lowest BCUT2D eigenvalue weighted by atomic mass is 10.1. The van der Waals surface area contributed by atoms with Crippen molar-refractivity contribution in [3.05, 3.63) is 35.9 Å². The Morgan fingerprint density at radius 3 is 2.67 bits per heavy atom. The highest BCUT2D eigenvalue weighted by atomic mass is 16.5. The highest BCUT2D eigenvalue weighted by Gasteiger charge is 2.05. The normalized spacial score (nSPS) is 12.2. The van der Waals surface area contributed by atoms with Crippen LogP contribution in [0.5, 0.6) is 5.75 Å². The first-order valence-electron chi connectivity index (χ1n) is 7.06. The van der Waals surface area contributed by atoms with Crippen LogP contribution in [0, 0.1) is 6.92 Å². The summed E-state index contributed by atoms with van der Waals surface area (Å²) in [7, 11) is 0. The molecule has 100 valence electrons. The van der Waals surface area contributed by atoms with E-state index >= 15 is 0 Å². The first-order chi connectivity index (χ1) is 8.65. The summed E-state index contributed by atoms with van der Waals surface area (Å²) in [6.45, 7) is 10.3. The molecule has 0 heterocycles. The molecule has 0 spiro atoms. The van der Waals surface area contributed by atoms with Gasteiger partial charge in [0.1, 0.15) is 5.75 Å². The number of unbranched alkanes of at least 4 members (excludes halogenated alkanes) is 3. The molecule has 0 aliphatic carbocycles. The van der Waals surface area contributed by atoms with E-state index in [2.05, 4.69) is 45.5 Å². The maximum atomic E-state index is 5.97. The molecule has 0 aliphatic heterocycles. The third-order valence-electron chi connectivity index (χ3n) is 3.11. The molecule has 0 N–H and O–H groups in total. The first-order valence-corrected chi connectivity index (χ1v) is 7.06. The average Bonchev–Trinajstić information content (AvgIpc) is 2.34. The molecule has 0 radical (unpaired) electrons. The van der Waals surface area contributed by atoms with E-state index in [1.54, 1.807) is 0 Å². The Hall–Kier alpha value is -1.24. The fraction of sp³-hybridized carbons (Fsp3) is 0.529. The lowest BCUT2D eigenvalue weighted by Gasteiger charge is -2.15. The zero-order chi connectivity index (χ0) is 13.4. The summed E-state index contributed by atoms with van der Waals surface area (Å²) in [6.07, 6.45) is 8.49. The van der Waals surface area contributed by atoms with Crippen molar-refractivity contribution in [3.8, 4) is 5.75 Å².